The second-order valence-corrected chi connectivity index (χ2v) is 4.37. The third-order valence-corrected chi connectivity index (χ3v) is 2.99. The number of aryl methyl sites for hydroxylation is 1. The molecule has 1 aromatic carbocycles. The summed E-state index contributed by atoms with van der Waals surface area (Å²) in [6.07, 6.45) is 1.65. The Kier molecular flexibility index (Phi) is 3.12. The van der Waals surface area contributed by atoms with Gasteiger partial charge in [0, 0.05) is 4.47 Å². The summed E-state index contributed by atoms with van der Waals surface area (Å²) in [5.41, 5.74) is 2.12. The molecule has 0 aliphatic carbocycles. The molecule has 15 heavy (non-hydrogen) atoms. The summed E-state index contributed by atoms with van der Waals surface area (Å²) < 4.78 is 6.45. The van der Waals surface area contributed by atoms with E-state index in [9.17, 15) is 0 Å². The van der Waals surface area contributed by atoms with E-state index in [1.165, 1.54) is 5.56 Å². The van der Waals surface area contributed by atoms with Crippen molar-refractivity contribution in [1.82, 2.24) is 4.98 Å². The SMILES string of the molecule is Cc1ccc(Br)c(-c2ncc(CCl)o2)c1. The minimum absolute atomic E-state index is 0.344. The van der Waals surface area contributed by atoms with Gasteiger partial charge in [-0.1, -0.05) is 11.6 Å². The van der Waals surface area contributed by atoms with Crippen molar-refractivity contribution in [2.75, 3.05) is 0 Å². The first kappa shape index (κ1) is 10.7. The molecular formula is C11H9BrClNO. The quantitative estimate of drug-likeness (QED) is 0.775. The van der Waals surface area contributed by atoms with E-state index in [4.69, 9.17) is 16.0 Å². The van der Waals surface area contributed by atoms with Gasteiger partial charge in [0.1, 0.15) is 5.76 Å². The Morgan fingerprint density at radius 1 is 1.47 bits per heavy atom. The highest BCUT2D eigenvalue weighted by Gasteiger charge is 2.09. The predicted molar refractivity (Wildman–Crippen MR) is 63.9 cm³/mol. The zero-order valence-corrected chi connectivity index (χ0v) is 10.5. The number of hydrogen-bond donors (Lipinski definition) is 0. The first-order valence-electron chi connectivity index (χ1n) is 4.48. The van der Waals surface area contributed by atoms with Crippen LogP contribution in [0.5, 0.6) is 0 Å². The Labute approximate surface area is 101 Å². The summed E-state index contributed by atoms with van der Waals surface area (Å²) in [7, 11) is 0. The van der Waals surface area contributed by atoms with Crippen LogP contribution in [-0.2, 0) is 5.88 Å². The van der Waals surface area contributed by atoms with Gasteiger partial charge in [0.2, 0.25) is 5.89 Å². The fourth-order valence-electron chi connectivity index (χ4n) is 1.30. The van der Waals surface area contributed by atoms with Crippen molar-refractivity contribution in [2.24, 2.45) is 0 Å². The molecule has 2 nitrogen and oxygen atoms in total. The minimum atomic E-state index is 0.344. The van der Waals surface area contributed by atoms with Crippen molar-refractivity contribution in [3.05, 3.63) is 40.2 Å². The zero-order chi connectivity index (χ0) is 10.8. The Bertz CT molecular complexity index is 481. The minimum Gasteiger partial charge on any atom is -0.440 e. The molecule has 2 aromatic rings. The molecule has 1 aromatic heterocycles. The smallest absolute Gasteiger partial charge is 0.227 e. The summed E-state index contributed by atoms with van der Waals surface area (Å²) in [5.74, 6) is 1.62. The number of aromatic nitrogens is 1. The molecule has 0 saturated heterocycles. The topological polar surface area (TPSA) is 26.0 Å². The van der Waals surface area contributed by atoms with Crippen LogP contribution in [0.15, 0.2) is 33.3 Å². The van der Waals surface area contributed by atoms with Crippen LogP contribution < -0.4 is 0 Å². The maximum Gasteiger partial charge on any atom is 0.227 e. The second kappa shape index (κ2) is 4.37. The van der Waals surface area contributed by atoms with Crippen LogP contribution in [0.2, 0.25) is 0 Å². The maximum atomic E-state index is 5.65. The molecule has 1 heterocycles. The zero-order valence-electron chi connectivity index (χ0n) is 8.13. The molecule has 0 aliphatic rings. The van der Waals surface area contributed by atoms with Gasteiger partial charge in [-0.2, -0.15) is 0 Å². The normalized spacial score (nSPS) is 10.6. The van der Waals surface area contributed by atoms with Crippen LogP contribution in [0.1, 0.15) is 11.3 Å². The van der Waals surface area contributed by atoms with E-state index in [1.54, 1.807) is 6.20 Å². The summed E-state index contributed by atoms with van der Waals surface area (Å²) in [4.78, 5) is 4.18. The number of hydrogen-bond acceptors (Lipinski definition) is 2. The van der Waals surface area contributed by atoms with E-state index in [1.807, 2.05) is 25.1 Å². The lowest BCUT2D eigenvalue weighted by molar-refractivity contribution is 0.537. The van der Waals surface area contributed by atoms with Crippen molar-refractivity contribution < 1.29 is 4.42 Å². The highest BCUT2D eigenvalue weighted by Crippen LogP contribution is 2.28. The van der Waals surface area contributed by atoms with Gasteiger partial charge in [-0.3, -0.25) is 0 Å². The molecule has 0 atom stereocenters. The Balaban J connectivity index is 2.48. The number of benzene rings is 1. The Hall–Kier alpha value is -0.800. The Morgan fingerprint density at radius 2 is 2.27 bits per heavy atom. The molecule has 0 saturated carbocycles. The lowest BCUT2D eigenvalue weighted by atomic mass is 10.1. The molecule has 0 aliphatic heterocycles. The average Bonchev–Trinajstić information content (AvgIpc) is 2.70. The summed E-state index contributed by atoms with van der Waals surface area (Å²) in [5, 5.41) is 0. The molecule has 0 amide bonds. The van der Waals surface area contributed by atoms with Crippen LogP contribution in [-0.4, -0.2) is 4.98 Å². The van der Waals surface area contributed by atoms with Gasteiger partial charge >= 0.3 is 0 Å². The van der Waals surface area contributed by atoms with Crippen molar-refractivity contribution >= 4 is 27.5 Å². The largest absolute Gasteiger partial charge is 0.440 e. The first-order chi connectivity index (χ1) is 7.20. The Morgan fingerprint density at radius 3 is 2.93 bits per heavy atom. The van der Waals surface area contributed by atoms with E-state index in [2.05, 4.69) is 20.9 Å². The number of halogens is 2. The fourth-order valence-corrected chi connectivity index (χ4v) is 1.84. The average molecular weight is 287 g/mol. The molecule has 4 heteroatoms. The van der Waals surface area contributed by atoms with Gasteiger partial charge in [-0.05, 0) is 35.0 Å². The van der Waals surface area contributed by atoms with E-state index in [0.29, 0.717) is 17.5 Å². The van der Waals surface area contributed by atoms with Crippen molar-refractivity contribution in [3.8, 4) is 11.5 Å². The third-order valence-electron chi connectivity index (χ3n) is 2.04. The monoisotopic (exact) mass is 285 g/mol. The number of rotatable bonds is 2. The first-order valence-corrected chi connectivity index (χ1v) is 5.80. The highest BCUT2D eigenvalue weighted by molar-refractivity contribution is 9.10. The fraction of sp³-hybridized carbons (Fsp3) is 0.182. The van der Waals surface area contributed by atoms with Gasteiger partial charge in [0.25, 0.3) is 0 Å². The van der Waals surface area contributed by atoms with E-state index in [-0.39, 0.29) is 0 Å². The standard InChI is InChI=1S/C11H9BrClNO/c1-7-2-3-10(12)9(4-7)11-14-6-8(5-13)15-11/h2-4,6H,5H2,1H3. The second-order valence-electron chi connectivity index (χ2n) is 3.25. The number of oxazole rings is 1. The van der Waals surface area contributed by atoms with E-state index in [0.717, 1.165) is 10.0 Å². The molecule has 0 spiro atoms. The van der Waals surface area contributed by atoms with Crippen molar-refractivity contribution in [1.29, 1.82) is 0 Å². The van der Waals surface area contributed by atoms with Crippen LogP contribution in [0, 0.1) is 6.92 Å². The molecule has 0 fully saturated rings. The lowest BCUT2D eigenvalue weighted by Crippen LogP contribution is -1.81. The van der Waals surface area contributed by atoms with Gasteiger partial charge in [-0.25, -0.2) is 4.98 Å². The summed E-state index contributed by atoms with van der Waals surface area (Å²) in [6.45, 7) is 2.03. The van der Waals surface area contributed by atoms with Crippen LogP contribution in [0.25, 0.3) is 11.5 Å². The summed E-state index contributed by atoms with van der Waals surface area (Å²) in [6, 6.07) is 6.03. The number of alkyl halides is 1. The molecule has 0 bridgehead atoms. The van der Waals surface area contributed by atoms with Gasteiger partial charge < -0.3 is 4.42 Å². The van der Waals surface area contributed by atoms with Crippen LogP contribution in [0.3, 0.4) is 0 Å². The predicted octanol–water partition coefficient (Wildman–Crippen LogP) is 4.15. The molecule has 0 unspecified atom stereocenters. The van der Waals surface area contributed by atoms with E-state index < -0.39 is 0 Å². The van der Waals surface area contributed by atoms with Crippen molar-refractivity contribution in [3.63, 3.8) is 0 Å². The molecule has 2 rings (SSSR count). The molecule has 78 valence electrons. The maximum absolute atomic E-state index is 5.65. The molecular weight excluding hydrogens is 277 g/mol. The summed E-state index contributed by atoms with van der Waals surface area (Å²) >= 11 is 9.12. The van der Waals surface area contributed by atoms with Gasteiger partial charge in [0.05, 0.1) is 17.6 Å². The van der Waals surface area contributed by atoms with Gasteiger partial charge in [0.15, 0.2) is 0 Å². The molecule has 0 N–H and O–H groups in total. The van der Waals surface area contributed by atoms with E-state index >= 15 is 0 Å². The third kappa shape index (κ3) is 2.24. The number of nitrogens with zero attached hydrogens (tertiary/aromatic N) is 1. The highest BCUT2D eigenvalue weighted by atomic mass is 79.9. The van der Waals surface area contributed by atoms with Gasteiger partial charge in [-0.15, -0.1) is 11.6 Å². The molecule has 0 radical (unpaired) electrons. The van der Waals surface area contributed by atoms with Crippen LogP contribution in [0.4, 0.5) is 0 Å². The van der Waals surface area contributed by atoms with Crippen molar-refractivity contribution in [2.45, 2.75) is 12.8 Å². The lowest BCUT2D eigenvalue weighted by Gasteiger charge is -2.00. The van der Waals surface area contributed by atoms with Crippen LogP contribution >= 0.6 is 27.5 Å².